The minimum absolute atomic E-state index is 0.0599. The number of anilines is 1. The molecular weight excluding hydrogens is 546 g/mol. The highest BCUT2D eigenvalue weighted by atomic mass is 35.5. The summed E-state index contributed by atoms with van der Waals surface area (Å²) in [5, 5.41) is 3.39. The molecule has 0 bridgehead atoms. The molecule has 0 saturated heterocycles. The van der Waals surface area contributed by atoms with Crippen LogP contribution in [0.4, 0.5) is 5.69 Å². The number of halogens is 1. The normalized spacial score (nSPS) is 12.0. The first-order valence-corrected chi connectivity index (χ1v) is 15.4. The number of carbonyl (C=O) groups excluding carboxylic acids is 2. The molecule has 3 aromatic carbocycles. The van der Waals surface area contributed by atoms with Crippen molar-refractivity contribution in [3.05, 3.63) is 94.5 Å². The van der Waals surface area contributed by atoms with Crippen molar-refractivity contribution in [2.45, 2.75) is 64.4 Å². The van der Waals surface area contributed by atoms with Gasteiger partial charge in [0.05, 0.1) is 10.6 Å². The summed E-state index contributed by atoms with van der Waals surface area (Å²) in [5.74, 6) is -0.782. The van der Waals surface area contributed by atoms with E-state index in [0.29, 0.717) is 29.2 Å². The van der Waals surface area contributed by atoms with Crippen LogP contribution in [0.1, 0.15) is 49.8 Å². The molecule has 3 rings (SSSR count). The molecule has 0 aliphatic carbocycles. The minimum atomic E-state index is -4.10. The van der Waals surface area contributed by atoms with E-state index < -0.39 is 28.5 Å². The number of nitrogens with one attached hydrogen (secondary N) is 1. The Morgan fingerprint density at radius 2 is 1.60 bits per heavy atom. The largest absolute Gasteiger partial charge is 0.354 e. The molecule has 40 heavy (non-hydrogen) atoms. The van der Waals surface area contributed by atoms with E-state index in [1.807, 2.05) is 39.8 Å². The molecule has 0 aromatic heterocycles. The smallest absolute Gasteiger partial charge is 0.264 e. The summed E-state index contributed by atoms with van der Waals surface area (Å²) in [6.07, 6.45) is 2.08. The molecule has 0 fully saturated rings. The lowest BCUT2D eigenvalue weighted by Gasteiger charge is -2.33. The first kappa shape index (κ1) is 31.2. The van der Waals surface area contributed by atoms with E-state index in [0.717, 1.165) is 28.3 Å². The Kier molecular flexibility index (Phi) is 11.2. The highest BCUT2D eigenvalue weighted by Gasteiger charge is 2.34. The second-order valence-electron chi connectivity index (χ2n) is 9.77. The van der Waals surface area contributed by atoms with Crippen molar-refractivity contribution in [3.63, 3.8) is 0 Å². The monoisotopic (exact) mass is 583 g/mol. The topological polar surface area (TPSA) is 86.8 Å². The van der Waals surface area contributed by atoms with Crippen LogP contribution in [0.25, 0.3) is 0 Å². The molecule has 0 saturated carbocycles. The Hall–Kier alpha value is -3.36. The second kappa shape index (κ2) is 14.3. The molecule has 214 valence electrons. The van der Waals surface area contributed by atoms with E-state index in [9.17, 15) is 18.0 Å². The maximum atomic E-state index is 14.1. The lowest BCUT2D eigenvalue weighted by molar-refractivity contribution is -0.140. The van der Waals surface area contributed by atoms with Crippen LogP contribution in [-0.4, -0.2) is 44.3 Å². The number of hydrogen-bond acceptors (Lipinski definition) is 4. The van der Waals surface area contributed by atoms with E-state index in [-0.39, 0.29) is 17.3 Å². The van der Waals surface area contributed by atoms with Crippen molar-refractivity contribution >= 4 is 39.1 Å². The maximum Gasteiger partial charge on any atom is 0.264 e. The lowest BCUT2D eigenvalue weighted by atomic mass is 10.1. The average molecular weight is 584 g/mol. The first-order chi connectivity index (χ1) is 19.1. The highest BCUT2D eigenvalue weighted by molar-refractivity contribution is 7.92. The van der Waals surface area contributed by atoms with E-state index in [2.05, 4.69) is 5.32 Å². The van der Waals surface area contributed by atoms with Gasteiger partial charge >= 0.3 is 0 Å². The molecule has 9 heteroatoms. The van der Waals surface area contributed by atoms with Crippen molar-refractivity contribution in [3.8, 4) is 0 Å². The summed E-state index contributed by atoms with van der Waals surface area (Å²) >= 11 is 6.44. The van der Waals surface area contributed by atoms with Crippen molar-refractivity contribution in [2.75, 3.05) is 17.4 Å². The zero-order chi connectivity index (χ0) is 29.3. The Morgan fingerprint density at radius 1 is 0.925 bits per heavy atom. The fourth-order valence-corrected chi connectivity index (χ4v) is 5.99. The van der Waals surface area contributed by atoms with E-state index in [4.69, 9.17) is 11.6 Å². The summed E-state index contributed by atoms with van der Waals surface area (Å²) in [4.78, 5) is 28.9. The molecule has 0 aliphatic heterocycles. The van der Waals surface area contributed by atoms with Gasteiger partial charge in [-0.1, -0.05) is 74.3 Å². The van der Waals surface area contributed by atoms with Crippen molar-refractivity contribution in [1.82, 2.24) is 10.2 Å². The van der Waals surface area contributed by atoms with E-state index >= 15 is 0 Å². The van der Waals surface area contributed by atoms with Crippen LogP contribution in [-0.2, 0) is 26.2 Å². The summed E-state index contributed by atoms with van der Waals surface area (Å²) in [6.45, 7) is 7.77. The van der Waals surface area contributed by atoms with Crippen molar-refractivity contribution < 1.29 is 18.0 Å². The second-order valence-corrected chi connectivity index (χ2v) is 12.0. The Bertz CT molecular complexity index is 1410. The molecule has 0 radical (unpaired) electrons. The summed E-state index contributed by atoms with van der Waals surface area (Å²) in [7, 11) is -4.10. The number of amides is 2. The number of aryl methyl sites for hydroxylation is 2. The van der Waals surface area contributed by atoms with Gasteiger partial charge in [0.2, 0.25) is 11.8 Å². The number of benzene rings is 3. The third kappa shape index (κ3) is 7.64. The molecule has 1 atom stereocenters. The van der Waals surface area contributed by atoms with Crippen LogP contribution in [0.5, 0.6) is 0 Å². The molecule has 0 heterocycles. The number of carbonyl (C=O) groups is 2. The Morgan fingerprint density at radius 3 is 2.23 bits per heavy atom. The number of sulfonamides is 1. The number of unbranched alkanes of at least 4 members (excludes halogenated alkanes) is 1. The van der Waals surface area contributed by atoms with Crippen molar-refractivity contribution in [1.29, 1.82) is 0 Å². The fraction of sp³-hybridized carbons (Fsp3) is 0.355. The molecule has 1 N–H and O–H groups in total. The van der Waals surface area contributed by atoms with Crippen LogP contribution in [0, 0.1) is 13.8 Å². The standard InChI is InChI=1S/C31H38ClN3O4S/c1-5-7-19-33-31(37)29(6-2)34(21-25-13-11-12-16-28(25)32)30(36)22-35(26-18-17-23(3)24(4)20-26)40(38,39)27-14-9-8-10-15-27/h8-18,20,29H,5-7,19,21-22H2,1-4H3,(H,33,37)/t29-/m0/s1. The molecule has 3 aromatic rings. The van der Waals surface area contributed by atoms with Crippen LogP contribution in [0.2, 0.25) is 5.02 Å². The third-order valence-corrected chi connectivity index (χ3v) is 9.06. The predicted octanol–water partition coefficient (Wildman–Crippen LogP) is 5.88. The number of nitrogens with zero attached hydrogens (tertiary/aromatic N) is 2. The molecule has 2 amide bonds. The van der Waals surface area contributed by atoms with Gasteiger partial charge in [-0.3, -0.25) is 13.9 Å². The highest BCUT2D eigenvalue weighted by Crippen LogP contribution is 2.27. The predicted molar refractivity (Wildman–Crippen MR) is 161 cm³/mol. The Balaban J connectivity index is 2.06. The molecule has 0 spiro atoms. The van der Waals surface area contributed by atoms with Crippen LogP contribution in [0.3, 0.4) is 0 Å². The number of hydrogen-bond donors (Lipinski definition) is 1. The minimum Gasteiger partial charge on any atom is -0.354 e. The van der Waals surface area contributed by atoms with Crippen molar-refractivity contribution in [2.24, 2.45) is 0 Å². The zero-order valence-electron chi connectivity index (χ0n) is 23.6. The van der Waals surface area contributed by atoms with Crippen LogP contribution < -0.4 is 9.62 Å². The van der Waals surface area contributed by atoms with Gasteiger partial charge < -0.3 is 10.2 Å². The lowest BCUT2D eigenvalue weighted by Crippen LogP contribution is -2.52. The molecule has 0 aliphatic rings. The van der Waals surface area contributed by atoms with Gasteiger partial charge in [-0.2, -0.15) is 0 Å². The summed E-state index contributed by atoms with van der Waals surface area (Å²) < 4.78 is 28.9. The Labute approximate surface area is 243 Å². The maximum absolute atomic E-state index is 14.1. The van der Waals surface area contributed by atoms with Gasteiger partial charge in [0.25, 0.3) is 10.0 Å². The third-order valence-electron chi connectivity index (χ3n) is 6.90. The first-order valence-electron chi connectivity index (χ1n) is 13.6. The average Bonchev–Trinajstić information content (AvgIpc) is 2.94. The van der Waals surface area contributed by atoms with Gasteiger partial charge in [0.15, 0.2) is 0 Å². The van der Waals surface area contributed by atoms with Gasteiger partial charge in [-0.05, 0) is 73.7 Å². The molecular formula is C31H38ClN3O4S. The SMILES string of the molecule is CCCCNC(=O)[C@H](CC)N(Cc1ccccc1Cl)C(=O)CN(c1ccc(C)c(C)c1)S(=O)(=O)c1ccccc1. The zero-order valence-corrected chi connectivity index (χ0v) is 25.1. The summed E-state index contributed by atoms with van der Waals surface area (Å²) in [6, 6.07) is 19.6. The van der Waals surface area contributed by atoms with Gasteiger partial charge in [0.1, 0.15) is 12.6 Å². The van der Waals surface area contributed by atoms with Crippen LogP contribution in [0.15, 0.2) is 77.7 Å². The van der Waals surface area contributed by atoms with Gasteiger partial charge in [0, 0.05) is 18.1 Å². The van der Waals surface area contributed by atoms with E-state index in [1.54, 1.807) is 48.5 Å². The number of rotatable bonds is 13. The summed E-state index contributed by atoms with van der Waals surface area (Å²) in [5.41, 5.74) is 2.94. The van der Waals surface area contributed by atoms with E-state index in [1.165, 1.54) is 17.0 Å². The van der Waals surface area contributed by atoms with Gasteiger partial charge in [-0.15, -0.1) is 0 Å². The van der Waals surface area contributed by atoms with Crippen LogP contribution >= 0.6 is 11.6 Å². The molecule has 0 unspecified atom stereocenters. The molecule has 7 nitrogen and oxygen atoms in total. The van der Waals surface area contributed by atoms with Gasteiger partial charge in [-0.25, -0.2) is 8.42 Å². The fourth-order valence-electron chi connectivity index (χ4n) is 4.36. The quantitative estimate of drug-likeness (QED) is 0.255.